The molecule has 2 amide bonds. The molecule has 1 atom stereocenters. The van der Waals surface area contributed by atoms with Crippen LogP contribution in [0, 0.1) is 0 Å². The van der Waals surface area contributed by atoms with Crippen LogP contribution in [0.4, 0.5) is 0 Å². The Hall–Kier alpha value is -3.20. The lowest BCUT2D eigenvalue weighted by atomic mass is 10.2. The summed E-state index contributed by atoms with van der Waals surface area (Å²) in [5, 5.41) is 7.06. The summed E-state index contributed by atoms with van der Waals surface area (Å²) in [6.45, 7) is 3.05. The van der Waals surface area contributed by atoms with Crippen molar-refractivity contribution < 1.29 is 14.3 Å². The maximum atomic E-state index is 13.1. The number of nitrogens with zero attached hydrogens (tertiary/aromatic N) is 5. The molecule has 0 N–H and O–H groups in total. The summed E-state index contributed by atoms with van der Waals surface area (Å²) in [6.07, 6.45) is 4.33. The summed E-state index contributed by atoms with van der Waals surface area (Å²) in [4.78, 5) is 33.5. The average Bonchev–Trinajstić information content (AvgIpc) is 3.36. The van der Waals surface area contributed by atoms with Gasteiger partial charge in [-0.3, -0.25) is 14.3 Å². The second-order valence-electron chi connectivity index (χ2n) is 7.47. The van der Waals surface area contributed by atoms with E-state index in [-0.39, 0.29) is 24.5 Å². The van der Waals surface area contributed by atoms with E-state index in [0.29, 0.717) is 31.8 Å². The van der Waals surface area contributed by atoms with Crippen LogP contribution < -0.4 is 4.74 Å². The first-order valence-electron chi connectivity index (χ1n) is 10.2. The van der Waals surface area contributed by atoms with Crippen molar-refractivity contribution in [3.8, 4) is 17.0 Å². The Morgan fingerprint density at radius 1 is 1.19 bits per heavy atom. The highest BCUT2D eigenvalue weighted by molar-refractivity contribution is 7.10. The van der Waals surface area contributed by atoms with E-state index in [1.807, 2.05) is 49.0 Å². The maximum absolute atomic E-state index is 13.1. The number of amides is 2. The summed E-state index contributed by atoms with van der Waals surface area (Å²) in [5.41, 5.74) is 1.78. The van der Waals surface area contributed by atoms with Crippen LogP contribution in [0.25, 0.3) is 11.3 Å². The van der Waals surface area contributed by atoms with Crippen LogP contribution in [0.5, 0.6) is 5.75 Å². The summed E-state index contributed by atoms with van der Waals surface area (Å²) >= 11 is 1.53. The standard InChI is InChI=1S/C22H25N5O3S/c1-16(28)26-9-8-20(22-24-19(15-31-22)17-12-23-25(2)13-17)27(11-10-26)21(29)14-30-18-6-4-3-5-7-18/h3-7,12-13,15,20H,8-11,14H2,1-2H3. The van der Waals surface area contributed by atoms with Crippen molar-refractivity contribution in [1.82, 2.24) is 24.6 Å². The van der Waals surface area contributed by atoms with E-state index in [1.54, 1.807) is 27.6 Å². The Balaban J connectivity index is 1.55. The second-order valence-corrected chi connectivity index (χ2v) is 8.36. The van der Waals surface area contributed by atoms with E-state index in [2.05, 4.69) is 5.10 Å². The minimum absolute atomic E-state index is 0.0174. The number of thiazole rings is 1. The Kier molecular flexibility index (Phi) is 6.31. The van der Waals surface area contributed by atoms with Crippen LogP contribution in [0.1, 0.15) is 24.4 Å². The highest BCUT2D eigenvalue weighted by Gasteiger charge is 2.32. The van der Waals surface area contributed by atoms with Crippen LogP contribution in [0.3, 0.4) is 0 Å². The topological polar surface area (TPSA) is 80.6 Å². The number of hydrogen-bond donors (Lipinski definition) is 0. The molecule has 9 heteroatoms. The van der Waals surface area contributed by atoms with Crippen molar-refractivity contribution in [2.45, 2.75) is 19.4 Å². The van der Waals surface area contributed by atoms with Gasteiger partial charge < -0.3 is 14.5 Å². The SMILES string of the molecule is CC(=O)N1CCC(c2nc(-c3cnn(C)c3)cs2)N(C(=O)COc2ccccc2)CC1. The lowest BCUT2D eigenvalue weighted by Gasteiger charge is -2.28. The van der Waals surface area contributed by atoms with E-state index >= 15 is 0 Å². The Bertz CT molecular complexity index is 1050. The first-order chi connectivity index (χ1) is 15.0. The lowest BCUT2D eigenvalue weighted by molar-refractivity contribution is -0.136. The third-order valence-corrected chi connectivity index (χ3v) is 6.28. The fraction of sp³-hybridized carbons (Fsp3) is 0.364. The van der Waals surface area contributed by atoms with Gasteiger partial charge in [0.2, 0.25) is 5.91 Å². The molecule has 0 radical (unpaired) electrons. The number of carbonyl (C=O) groups excluding carboxylic acids is 2. The van der Waals surface area contributed by atoms with Gasteiger partial charge in [-0.15, -0.1) is 11.3 Å². The Morgan fingerprint density at radius 3 is 2.71 bits per heavy atom. The fourth-order valence-corrected chi connectivity index (χ4v) is 4.65. The molecule has 1 aliphatic rings. The van der Waals surface area contributed by atoms with Gasteiger partial charge in [-0.2, -0.15) is 5.10 Å². The van der Waals surface area contributed by atoms with Crippen LogP contribution in [-0.2, 0) is 16.6 Å². The van der Waals surface area contributed by atoms with Gasteiger partial charge in [-0.25, -0.2) is 4.98 Å². The van der Waals surface area contributed by atoms with Crippen molar-refractivity contribution in [3.63, 3.8) is 0 Å². The number of aryl methyl sites for hydroxylation is 1. The van der Waals surface area contributed by atoms with E-state index < -0.39 is 0 Å². The van der Waals surface area contributed by atoms with Gasteiger partial charge in [0.25, 0.3) is 5.91 Å². The second kappa shape index (κ2) is 9.30. The fourth-order valence-electron chi connectivity index (χ4n) is 3.67. The molecule has 0 aliphatic carbocycles. The summed E-state index contributed by atoms with van der Waals surface area (Å²) < 4.78 is 7.44. The molecule has 3 heterocycles. The first-order valence-corrected chi connectivity index (χ1v) is 11.1. The Labute approximate surface area is 185 Å². The largest absolute Gasteiger partial charge is 0.484 e. The van der Waals surface area contributed by atoms with Gasteiger partial charge in [0.05, 0.1) is 17.9 Å². The van der Waals surface area contributed by atoms with Crippen LogP contribution in [0.15, 0.2) is 48.1 Å². The minimum atomic E-state index is -0.202. The molecule has 3 aromatic rings. The number of aromatic nitrogens is 3. The highest BCUT2D eigenvalue weighted by Crippen LogP contribution is 2.32. The Morgan fingerprint density at radius 2 is 2.00 bits per heavy atom. The molecular weight excluding hydrogens is 414 g/mol. The van der Waals surface area contributed by atoms with E-state index in [1.165, 1.54) is 11.3 Å². The van der Waals surface area contributed by atoms with Crippen molar-refractivity contribution in [3.05, 3.63) is 53.1 Å². The number of carbonyl (C=O) groups is 2. The zero-order valence-corrected chi connectivity index (χ0v) is 18.4. The molecule has 1 aromatic carbocycles. The van der Waals surface area contributed by atoms with Crippen LogP contribution >= 0.6 is 11.3 Å². The molecule has 2 aromatic heterocycles. The molecule has 1 fully saturated rings. The molecule has 8 nitrogen and oxygen atoms in total. The molecule has 1 unspecified atom stereocenters. The highest BCUT2D eigenvalue weighted by atomic mass is 32.1. The molecule has 4 rings (SSSR count). The van der Waals surface area contributed by atoms with Gasteiger partial charge in [-0.1, -0.05) is 18.2 Å². The molecule has 1 aliphatic heterocycles. The van der Waals surface area contributed by atoms with Crippen molar-refractivity contribution in [1.29, 1.82) is 0 Å². The predicted molar refractivity (Wildman–Crippen MR) is 118 cm³/mol. The van der Waals surface area contributed by atoms with E-state index in [0.717, 1.165) is 16.3 Å². The summed E-state index contributed by atoms with van der Waals surface area (Å²) in [7, 11) is 1.87. The van der Waals surface area contributed by atoms with Crippen molar-refractivity contribution >= 4 is 23.2 Å². The van der Waals surface area contributed by atoms with Crippen LogP contribution in [0.2, 0.25) is 0 Å². The quantitative estimate of drug-likeness (QED) is 0.611. The summed E-state index contributed by atoms with van der Waals surface area (Å²) in [5.74, 6) is 0.557. The number of hydrogen-bond acceptors (Lipinski definition) is 6. The monoisotopic (exact) mass is 439 g/mol. The minimum Gasteiger partial charge on any atom is -0.484 e. The van der Waals surface area contributed by atoms with Crippen LogP contribution in [-0.4, -0.2) is 62.6 Å². The molecule has 31 heavy (non-hydrogen) atoms. The van der Waals surface area contributed by atoms with Gasteiger partial charge >= 0.3 is 0 Å². The third-order valence-electron chi connectivity index (χ3n) is 5.34. The molecular formula is C22H25N5O3S. The molecule has 0 saturated carbocycles. The van der Waals surface area contributed by atoms with E-state index in [4.69, 9.17) is 9.72 Å². The van der Waals surface area contributed by atoms with Gasteiger partial charge in [0.15, 0.2) is 6.61 Å². The predicted octanol–water partition coefficient (Wildman–Crippen LogP) is 2.74. The number of para-hydroxylation sites is 1. The third kappa shape index (κ3) is 4.93. The first kappa shape index (κ1) is 21.0. The normalized spacial score (nSPS) is 16.8. The van der Waals surface area contributed by atoms with Gasteiger partial charge in [0, 0.05) is 50.7 Å². The number of benzene rings is 1. The average molecular weight is 440 g/mol. The smallest absolute Gasteiger partial charge is 0.261 e. The van der Waals surface area contributed by atoms with Gasteiger partial charge in [0.1, 0.15) is 10.8 Å². The van der Waals surface area contributed by atoms with Gasteiger partial charge in [-0.05, 0) is 18.6 Å². The lowest BCUT2D eigenvalue weighted by Crippen LogP contribution is -2.40. The van der Waals surface area contributed by atoms with Crippen molar-refractivity contribution in [2.75, 3.05) is 26.2 Å². The molecule has 1 saturated heterocycles. The number of rotatable bonds is 5. The maximum Gasteiger partial charge on any atom is 0.261 e. The number of ether oxygens (including phenoxy) is 1. The summed E-state index contributed by atoms with van der Waals surface area (Å²) in [6, 6.07) is 9.09. The molecule has 0 bridgehead atoms. The zero-order chi connectivity index (χ0) is 21.8. The van der Waals surface area contributed by atoms with E-state index in [9.17, 15) is 9.59 Å². The van der Waals surface area contributed by atoms with Crippen molar-refractivity contribution in [2.24, 2.45) is 7.05 Å². The molecule has 0 spiro atoms. The zero-order valence-electron chi connectivity index (χ0n) is 17.6. The molecule has 162 valence electrons.